The summed E-state index contributed by atoms with van der Waals surface area (Å²) in [5, 5.41) is 0. The number of rotatable bonds is 3. The number of hydrogen-bond acceptors (Lipinski definition) is 2. The van der Waals surface area contributed by atoms with Crippen LogP contribution in [0.2, 0.25) is 0 Å². The molecule has 0 spiro atoms. The Balaban J connectivity index is 3.38. The largest absolute Gasteiger partial charge is 0.461 e. The van der Waals surface area contributed by atoms with E-state index in [1.807, 2.05) is 0 Å². The molecule has 52 valence electrons. The molecule has 0 rings (SSSR count). The van der Waals surface area contributed by atoms with Crippen LogP contribution in [0, 0.1) is 5.92 Å². The lowest BCUT2D eigenvalue weighted by molar-refractivity contribution is -0.146. The smallest absolute Gasteiger partial charge is 0.308 e. The second kappa shape index (κ2) is 4.13. The summed E-state index contributed by atoms with van der Waals surface area (Å²) in [7, 11) is 0. The van der Waals surface area contributed by atoms with Crippen LogP contribution >= 0.6 is 0 Å². The maximum absolute atomic E-state index is 10.6. The van der Waals surface area contributed by atoms with Gasteiger partial charge < -0.3 is 4.74 Å². The fourth-order valence-electron chi connectivity index (χ4n) is 0.308. The number of carbonyl (C=O) groups excluding carboxylic acids is 1. The number of esters is 1. The molecule has 0 aliphatic heterocycles. The van der Waals surface area contributed by atoms with Crippen molar-refractivity contribution in [2.75, 3.05) is 6.61 Å². The summed E-state index contributed by atoms with van der Waals surface area (Å²) in [6.07, 6.45) is 1.56. The Morgan fingerprint density at radius 3 is 2.67 bits per heavy atom. The number of ether oxygens (including phenoxy) is 1. The first-order valence-corrected chi connectivity index (χ1v) is 2.96. The third kappa shape index (κ3) is 3.76. The highest BCUT2D eigenvalue weighted by Gasteiger charge is 2.05. The lowest BCUT2D eigenvalue weighted by atomic mass is 10.2. The lowest BCUT2D eigenvalue weighted by Crippen LogP contribution is -2.11. The van der Waals surface area contributed by atoms with Crippen molar-refractivity contribution in [1.29, 1.82) is 0 Å². The molecule has 0 fully saturated rings. The van der Waals surface area contributed by atoms with E-state index in [4.69, 9.17) is 4.74 Å². The SMILES string of the molecule is C=CCOC(=O)C(C)C. The van der Waals surface area contributed by atoms with Crippen LogP contribution in [0.5, 0.6) is 0 Å². The van der Waals surface area contributed by atoms with Crippen molar-refractivity contribution in [3.63, 3.8) is 0 Å². The van der Waals surface area contributed by atoms with E-state index in [-0.39, 0.29) is 11.9 Å². The van der Waals surface area contributed by atoms with E-state index >= 15 is 0 Å². The van der Waals surface area contributed by atoms with Gasteiger partial charge in [-0.2, -0.15) is 0 Å². The Bertz CT molecular complexity index is 105. The van der Waals surface area contributed by atoms with Crippen molar-refractivity contribution < 1.29 is 9.53 Å². The van der Waals surface area contributed by atoms with Gasteiger partial charge in [0.1, 0.15) is 6.61 Å². The first-order chi connectivity index (χ1) is 4.18. The third-order valence-corrected chi connectivity index (χ3v) is 0.815. The van der Waals surface area contributed by atoms with E-state index < -0.39 is 0 Å². The predicted octanol–water partition coefficient (Wildman–Crippen LogP) is 1.37. The molecule has 0 aliphatic carbocycles. The zero-order valence-corrected chi connectivity index (χ0v) is 5.89. The van der Waals surface area contributed by atoms with Gasteiger partial charge in [-0.3, -0.25) is 4.79 Å². The van der Waals surface area contributed by atoms with E-state index in [0.29, 0.717) is 6.61 Å². The fourth-order valence-corrected chi connectivity index (χ4v) is 0.308. The summed E-state index contributed by atoms with van der Waals surface area (Å²) < 4.78 is 4.70. The molecule has 0 radical (unpaired) electrons. The summed E-state index contributed by atoms with van der Waals surface area (Å²) in [5.74, 6) is -0.208. The maximum atomic E-state index is 10.6. The quantitative estimate of drug-likeness (QED) is 0.424. The number of hydrogen-bond donors (Lipinski definition) is 0. The van der Waals surface area contributed by atoms with Crippen molar-refractivity contribution in [2.24, 2.45) is 5.92 Å². The highest BCUT2D eigenvalue weighted by atomic mass is 16.5. The second-order valence-corrected chi connectivity index (χ2v) is 2.07. The van der Waals surface area contributed by atoms with Crippen LogP contribution in [-0.4, -0.2) is 12.6 Å². The van der Waals surface area contributed by atoms with Gasteiger partial charge in [0.25, 0.3) is 0 Å². The van der Waals surface area contributed by atoms with Crippen molar-refractivity contribution in [3.05, 3.63) is 12.7 Å². The molecule has 0 unspecified atom stereocenters. The molecule has 0 heterocycles. The fraction of sp³-hybridized carbons (Fsp3) is 0.571. The molecule has 0 saturated carbocycles. The van der Waals surface area contributed by atoms with Gasteiger partial charge in [0, 0.05) is 0 Å². The highest BCUT2D eigenvalue weighted by Crippen LogP contribution is 1.94. The van der Waals surface area contributed by atoms with Crippen LogP contribution in [0.3, 0.4) is 0 Å². The van der Waals surface area contributed by atoms with Gasteiger partial charge in [-0.25, -0.2) is 0 Å². The van der Waals surface area contributed by atoms with Gasteiger partial charge >= 0.3 is 5.97 Å². The van der Waals surface area contributed by atoms with E-state index in [1.54, 1.807) is 19.9 Å². The summed E-state index contributed by atoms with van der Waals surface area (Å²) >= 11 is 0. The van der Waals surface area contributed by atoms with E-state index in [2.05, 4.69) is 6.58 Å². The van der Waals surface area contributed by atoms with Gasteiger partial charge in [-0.05, 0) is 0 Å². The molecular weight excluding hydrogens is 116 g/mol. The normalized spacial score (nSPS) is 9.22. The Labute approximate surface area is 55.5 Å². The Hall–Kier alpha value is -0.790. The van der Waals surface area contributed by atoms with Gasteiger partial charge in [0.05, 0.1) is 5.92 Å². The monoisotopic (exact) mass is 128 g/mol. The zero-order valence-electron chi connectivity index (χ0n) is 5.89. The van der Waals surface area contributed by atoms with E-state index in [9.17, 15) is 4.79 Å². The summed E-state index contributed by atoms with van der Waals surface area (Å²) in [6, 6.07) is 0. The third-order valence-electron chi connectivity index (χ3n) is 0.815. The molecule has 9 heavy (non-hydrogen) atoms. The molecule has 2 nitrogen and oxygen atoms in total. The summed E-state index contributed by atoms with van der Waals surface area (Å²) in [5.41, 5.74) is 0. The Kier molecular flexibility index (Phi) is 3.76. The summed E-state index contributed by atoms with van der Waals surface area (Å²) in [6.45, 7) is 7.33. The molecular formula is C7H12O2. The first-order valence-electron chi connectivity index (χ1n) is 2.96. The van der Waals surface area contributed by atoms with E-state index in [0.717, 1.165) is 0 Å². The molecule has 0 aromatic heterocycles. The highest BCUT2D eigenvalue weighted by molar-refractivity contribution is 5.71. The molecule has 0 saturated heterocycles. The van der Waals surface area contributed by atoms with Gasteiger partial charge in [0.2, 0.25) is 0 Å². The van der Waals surface area contributed by atoms with Crippen LogP contribution in [0.25, 0.3) is 0 Å². The first kappa shape index (κ1) is 8.21. The summed E-state index contributed by atoms with van der Waals surface area (Å²) in [4.78, 5) is 10.6. The lowest BCUT2D eigenvalue weighted by Gasteiger charge is -2.02. The van der Waals surface area contributed by atoms with Crippen LogP contribution in [0.4, 0.5) is 0 Å². The average Bonchev–Trinajstić information content (AvgIpc) is 1.82. The predicted molar refractivity (Wildman–Crippen MR) is 36.0 cm³/mol. The molecule has 0 aromatic rings. The maximum Gasteiger partial charge on any atom is 0.308 e. The van der Waals surface area contributed by atoms with Crippen LogP contribution in [-0.2, 0) is 9.53 Å². The van der Waals surface area contributed by atoms with Crippen molar-refractivity contribution in [3.8, 4) is 0 Å². The molecule has 0 bridgehead atoms. The van der Waals surface area contributed by atoms with Crippen molar-refractivity contribution >= 4 is 5.97 Å². The van der Waals surface area contributed by atoms with Gasteiger partial charge in [0.15, 0.2) is 0 Å². The molecule has 0 amide bonds. The van der Waals surface area contributed by atoms with Crippen molar-refractivity contribution in [1.82, 2.24) is 0 Å². The zero-order chi connectivity index (χ0) is 7.28. The minimum atomic E-state index is -0.171. The molecule has 0 aromatic carbocycles. The molecule has 2 heteroatoms. The topological polar surface area (TPSA) is 26.3 Å². The Morgan fingerprint density at radius 2 is 2.33 bits per heavy atom. The molecule has 0 N–H and O–H groups in total. The molecule has 0 atom stereocenters. The van der Waals surface area contributed by atoms with Gasteiger partial charge in [-0.15, -0.1) is 0 Å². The van der Waals surface area contributed by atoms with Crippen molar-refractivity contribution in [2.45, 2.75) is 13.8 Å². The van der Waals surface area contributed by atoms with E-state index in [1.165, 1.54) is 0 Å². The molecule has 0 aliphatic rings. The minimum absolute atomic E-state index is 0.0371. The van der Waals surface area contributed by atoms with Crippen LogP contribution in [0.15, 0.2) is 12.7 Å². The van der Waals surface area contributed by atoms with Crippen LogP contribution < -0.4 is 0 Å². The average molecular weight is 128 g/mol. The Morgan fingerprint density at radius 1 is 1.78 bits per heavy atom. The second-order valence-electron chi connectivity index (χ2n) is 2.07. The minimum Gasteiger partial charge on any atom is -0.461 e. The van der Waals surface area contributed by atoms with Crippen LogP contribution in [0.1, 0.15) is 13.8 Å². The number of carbonyl (C=O) groups is 1. The standard InChI is InChI=1S/C7H12O2/c1-4-5-9-7(8)6(2)3/h4,6H,1,5H2,2-3H3. The van der Waals surface area contributed by atoms with Gasteiger partial charge in [-0.1, -0.05) is 26.5 Å².